The summed E-state index contributed by atoms with van der Waals surface area (Å²) in [5, 5.41) is 8.48. The molecule has 7 nitrogen and oxygen atoms in total. The van der Waals surface area contributed by atoms with E-state index in [1.54, 1.807) is 0 Å². The van der Waals surface area contributed by atoms with Gasteiger partial charge in [0.2, 0.25) is 5.91 Å². The first-order valence-corrected chi connectivity index (χ1v) is 9.67. The molecule has 0 bridgehead atoms. The van der Waals surface area contributed by atoms with Crippen molar-refractivity contribution in [2.24, 2.45) is 0 Å². The third-order valence-electron chi connectivity index (χ3n) is 5.50. The molecule has 4 aromatic rings. The molecule has 0 unspecified atom stereocenters. The molecule has 0 fully saturated rings. The van der Waals surface area contributed by atoms with E-state index >= 15 is 0 Å². The number of fused-ring (bicyclic) bond motifs is 4. The highest BCUT2D eigenvalue weighted by atomic mass is 16.1. The molecule has 5 rings (SSSR count). The van der Waals surface area contributed by atoms with E-state index < -0.39 is 0 Å². The van der Waals surface area contributed by atoms with Crippen molar-refractivity contribution in [2.45, 2.75) is 19.4 Å². The van der Waals surface area contributed by atoms with Crippen LogP contribution in [0.2, 0.25) is 0 Å². The molecule has 148 valence electrons. The molecule has 1 amide bonds. The molecule has 3 heterocycles. The SMILES string of the molecule is C=CC(=O)N[C@H]1C=C(C)c2c(-c3cnc4ccccc4c3)c3c(N)ncnn3c2C1. The van der Waals surface area contributed by atoms with Gasteiger partial charge in [0.15, 0.2) is 5.82 Å². The summed E-state index contributed by atoms with van der Waals surface area (Å²) in [5.41, 5.74) is 13.0. The molecular weight excluding hydrogens is 376 g/mol. The second kappa shape index (κ2) is 6.81. The molecule has 1 atom stereocenters. The van der Waals surface area contributed by atoms with Crippen LogP contribution in [0.5, 0.6) is 0 Å². The van der Waals surface area contributed by atoms with E-state index in [4.69, 9.17) is 5.73 Å². The van der Waals surface area contributed by atoms with Crippen LogP contribution >= 0.6 is 0 Å². The number of rotatable bonds is 3. The molecule has 0 aliphatic heterocycles. The predicted molar refractivity (Wildman–Crippen MR) is 118 cm³/mol. The fourth-order valence-electron chi connectivity index (χ4n) is 4.26. The van der Waals surface area contributed by atoms with Gasteiger partial charge in [-0.15, -0.1) is 0 Å². The Morgan fingerprint density at radius 1 is 1.30 bits per heavy atom. The van der Waals surface area contributed by atoms with Gasteiger partial charge in [0, 0.05) is 34.7 Å². The van der Waals surface area contributed by atoms with Crippen molar-refractivity contribution in [3.63, 3.8) is 0 Å². The maximum absolute atomic E-state index is 11.8. The summed E-state index contributed by atoms with van der Waals surface area (Å²) in [6.45, 7) is 5.57. The van der Waals surface area contributed by atoms with Crippen molar-refractivity contribution >= 4 is 33.7 Å². The third kappa shape index (κ3) is 2.75. The Morgan fingerprint density at radius 2 is 2.13 bits per heavy atom. The van der Waals surface area contributed by atoms with Crippen molar-refractivity contribution < 1.29 is 4.79 Å². The zero-order chi connectivity index (χ0) is 20.8. The number of hydrogen-bond donors (Lipinski definition) is 2. The molecule has 0 saturated heterocycles. The smallest absolute Gasteiger partial charge is 0.243 e. The van der Waals surface area contributed by atoms with Crippen molar-refractivity contribution in [1.29, 1.82) is 0 Å². The van der Waals surface area contributed by atoms with Crippen molar-refractivity contribution in [3.05, 3.63) is 72.8 Å². The maximum atomic E-state index is 11.8. The van der Waals surface area contributed by atoms with Gasteiger partial charge in [-0.05, 0) is 30.7 Å². The number of benzene rings is 1. The monoisotopic (exact) mass is 396 g/mol. The first-order chi connectivity index (χ1) is 14.6. The standard InChI is InChI=1S/C23H20N6O/c1-3-19(30)28-16-8-13(2)20-18(10-16)29-22(23(24)26-12-27-29)21(20)15-9-14-6-4-5-7-17(14)25-11-15/h3-9,11-12,16H,1,10H2,2H3,(H,28,30)(H2,24,26,27)/t16-/m0/s1. The van der Waals surface area contributed by atoms with Gasteiger partial charge >= 0.3 is 0 Å². The Hall–Kier alpha value is -4.00. The Bertz CT molecular complexity index is 1370. The van der Waals surface area contributed by atoms with Crippen LogP contribution in [0.4, 0.5) is 5.82 Å². The second-order valence-corrected chi connectivity index (χ2v) is 7.39. The zero-order valence-electron chi connectivity index (χ0n) is 16.5. The maximum Gasteiger partial charge on any atom is 0.243 e. The van der Waals surface area contributed by atoms with Crippen LogP contribution in [0, 0.1) is 0 Å². The van der Waals surface area contributed by atoms with Crippen LogP contribution in [0.25, 0.3) is 33.1 Å². The minimum Gasteiger partial charge on any atom is -0.382 e. The summed E-state index contributed by atoms with van der Waals surface area (Å²) in [6.07, 6.45) is 7.25. The van der Waals surface area contributed by atoms with E-state index in [0.29, 0.717) is 12.2 Å². The Kier molecular flexibility index (Phi) is 4.10. The number of hydrogen-bond acceptors (Lipinski definition) is 5. The second-order valence-electron chi connectivity index (χ2n) is 7.39. The van der Waals surface area contributed by atoms with Crippen LogP contribution < -0.4 is 11.1 Å². The van der Waals surface area contributed by atoms with E-state index in [2.05, 4.69) is 39.1 Å². The van der Waals surface area contributed by atoms with E-state index in [1.165, 1.54) is 12.4 Å². The van der Waals surface area contributed by atoms with Crippen LogP contribution in [-0.4, -0.2) is 31.5 Å². The number of nitrogens with one attached hydrogen (secondary N) is 1. The van der Waals surface area contributed by atoms with E-state index in [1.807, 2.05) is 41.9 Å². The number of nitrogens with two attached hydrogens (primary N) is 1. The fourth-order valence-corrected chi connectivity index (χ4v) is 4.26. The highest BCUT2D eigenvalue weighted by Gasteiger charge is 2.29. The van der Waals surface area contributed by atoms with Crippen LogP contribution in [0.15, 0.2) is 61.6 Å². The van der Waals surface area contributed by atoms with Gasteiger partial charge in [-0.2, -0.15) is 5.10 Å². The Morgan fingerprint density at radius 3 is 2.97 bits per heavy atom. The quantitative estimate of drug-likeness (QED) is 0.519. The third-order valence-corrected chi connectivity index (χ3v) is 5.50. The molecule has 1 aromatic carbocycles. The predicted octanol–water partition coefficient (Wildman–Crippen LogP) is 3.16. The number of aromatic nitrogens is 4. The van der Waals surface area contributed by atoms with Crippen LogP contribution in [-0.2, 0) is 11.2 Å². The van der Waals surface area contributed by atoms with Gasteiger partial charge < -0.3 is 11.1 Å². The highest BCUT2D eigenvalue weighted by molar-refractivity contribution is 5.99. The van der Waals surface area contributed by atoms with Crippen LogP contribution in [0.3, 0.4) is 0 Å². The summed E-state index contributed by atoms with van der Waals surface area (Å²) in [4.78, 5) is 20.7. The number of para-hydroxylation sites is 1. The highest BCUT2D eigenvalue weighted by Crippen LogP contribution is 2.41. The number of pyridine rings is 1. The summed E-state index contributed by atoms with van der Waals surface area (Å²) in [6, 6.07) is 9.96. The zero-order valence-corrected chi connectivity index (χ0v) is 16.5. The molecular formula is C23H20N6O. The first kappa shape index (κ1) is 18.1. The number of nitrogen functional groups attached to an aromatic ring is 1. The van der Waals surface area contributed by atoms with Gasteiger partial charge in [0.05, 0.1) is 17.3 Å². The molecule has 3 aromatic heterocycles. The summed E-state index contributed by atoms with van der Waals surface area (Å²) < 4.78 is 1.84. The van der Waals surface area contributed by atoms with Crippen molar-refractivity contribution in [3.8, 4) is 11.1 Å². The van der Waals surface area contributed by atoms with Gasteiger partial charge in [-0.3, -0.25) is 9.78 Å². The van der Waals surface area contributed by atoms with Gasteiger partial charge in [0.25, 0.3) is 0 Å². The largest absolute Gasteiger partial charge is 0.382 e. The summed E-state index contributed by atoms with van der Waals surface area (Å²) in [7, 11) is 0. The summed E-state index contributed by atoms with van der Waals surface area (Å²) in [5.74, 6) is 0.198. The van der Waals surface area contributed by atoms with E-state index in [-0.39, 0.29) is 11.9 Å². The topological polar surface area (TPSA) is 98.2 Å². The van der Waals surface area contributed by atoms with E-state index in [0.717, 1.165) is 44.4 Å². The Labute approximate surface area is 173 Å². The van der Waals surface area contributed by atoms with Crippen LogP contribution in [0.1, 0.15) is 18.2 Å². The van der Waals surface area contributed by atoms with Gasteiger partial charge in [0.1, 0.15) is 11.8 Å². The number of carbonyl (C=O) groups is 1. The minimum absolute atomic E-state index is 0.153. The molecule has 7 heteroatoms. The average molecular weight is 396 g/mol. The lowest BCUT2D eigenvalue weighted by atomic mass is 9.89. The molecule has 3 N–H and O–H groups in total. The summed E-state index contributed by atoms with van der Waals surface area (Å²) >= 11 is 0. The normalized spacial score (nSPS) is 15.6. The van der Waals surface area contributed by atoms with Crippen molar-refractivity contribution in [2.75, 3.05) is 5.73 Å². The lowest BCUT2D eigenvalue weighted by molar-refractivity contribution is -0.116. The number of carbonyl (C=O) groups excluding carboxylic acids is 1. The lowest BCUT2D eigenvalue weighted by Crippen LogP contribution is -2.35. The first-order valence-electron chi connectivity index (χ1n) is 9.67. The molecule has 0 spiro atoms. The average Bonchev–Trinajstić information content (AvgIpc) is 3.09. The Balaban J connectivity index is 1.77. The van der Waals surface area contributed by atoms with Gasteiger partial charge in [-0.25, -0.2) is 9.50 Å². The van der Waals surface area contributed by atoms with E-state index in [9.17, 15) is 4.79 Å². The van der Waals surface area contributed by atoms with Gasteiger partial charge in [-0.1, -0.05) is 30.9 Å². The molecule has 1 aliphatic rings. The fraction of sp³-hybridized carbons (Fsp3) is 0.130. The number of anilines is 1. The molecule has 1 aliphatic carbocycles. The molecule has 0 radical (unpaired) electrons. The number of nitrogens with zero attached hydrogens (tertiary/aromatic N) is 4. The number of amides is 1. The minimum atomic E-state index is -0.207. The number of allylic oxidation sites excluding steroid dienone is 1. The lowest BCUT2D eigenvalue weighted by Gasteiger charge is -2.22. The van der Waals surface area contributed by atoms with Crippen molar-refractivity contribution in [1.82, 2.24) is 24.9 Å². The molecule has 0 saturated carbocycles. The molecule has 30 heavy (non-hydrogen) atoms.